The van der Waals surface area contributed by atoms with Gasteiger partial charge in [0.1, 0.15) is 5.75 Å². The number of amides is 1. The molecule has 0 spiro atoms. The standard InChI is InChI=1S/C24H26N2O2/c1-16(18-6-7-20-15-22(28-5)13-10-19(20)14-18)25-26-23(27)17-8-11-21(12-9-17)24(2,3)4/h6-15H,1-5H3,(H,26,27). The second kappa shape index (κ2) is 7.85. The Labute approximate surface area is 166 Å². The van der Waals surface area contributed by atoms with Gasteiger partial charge in [-0.2, -0.15) is 5.10 Å². The van der Waals surface area contributed by atoms with Crippen molar-refractivity contribution in [2.24, 2.45) is 5.10 Å². The molecule has 1 amide bonds. The Bertz CT molecular complexity index is 1030. The van der Waals surface area contributed by atoms with E-state index in [4.69, 9.17) is 4.74 Å². The second-order valence-electron chi connectivity index (χ2n) is 7.89. The minimum Gasteiger partial charge on any atom is -0.497 e. The number of fused-ring (bicyclic) bond motifs is 1. The Hall–Kier alpha value is -3.14. The third kappa shape index (κ3) is 4.39. The van der Waals surface area contributed by atoms with Gasteiger partial charge in [0.2, 0.25) is 0 Å². The Morgan fingerprint density at radius 1 is 0.893 bits per heavy atom. The number of methoxy groups -OCH3 is 1. The lowest BCUT2D eigenvalue weighted by Crippen LogP contribution is -2.20. The van der Waals surface area contributed by atoms with Crippen molar-refractivity contribution >= 4 is 22.4 Å². The summed E-state index contributed by atoms with van der Waals surface area (Å²) in [6, 6.07) is 19.7. The van der Waals surface area contributed by atoms with E-state index in [0.29, 0.717) is 5.56 Å². The first kappa shape index (κ1) is 19.6. The third-order valence-corrected chi connectivity index (χ3v) is 4.80. The maximum Gasteiger partial charge on any atom is 0.271 e. The molecule has 0 heterocycles. The molecular weight excluding hydrogens is 348 g/mol. The molecule has 0 saturated carbocycles. The third-order valence-electron chi connectivity index (χ3n) is 4.80. The molecule has 28 heavy (non-hydrogen) atoms. The molecule has 0 fully saturated rings. The normalized spacial score (nSPS) is 12.1. The number of benzene rings is 3. The van der Waals surface area contributed by atoms with Gasteiger partial charge in [-0.25, -0.2) is 5.43 Å². The van der Waals surface area contributed by atoms with Gasteiger partial charge in [0, 0.05) is 5.56 Å². The number of nitrogens with zero attached hydrogens (tertiary/aromatic N) is 1. The lowest BCUT2D eigenvalue weighted by molar-refractivity contribution is 0.0955. The van der Waals surface area contributed by atoms with Gasteiger partial charge in [0.05, 0.1) is 12.8 Å². The molecule has 4 nitrogen and oxygen atoms in total. The van der Waals surface area contributed by atoms with Crippen molar-refractivity contribution in [1.82, 2.24) is 5.43 Å². The number of hydrazone groups is 1. The van der Waals surface area contributed by atoms with Crippen molar-refractivity contribution in [2.45, 2.75) is 33.1 Å². The topological polar surface area (TPSA) is 50.7 Å². The average molecular weight is 374 g/mol. The van der Waals surface area contributed by atoms with E-state index in [0.717, 1.165) is 27.8 Å². The molecule has 0 aliphatic rings. The van der Waals surface area contributed by atoms with Crippen molar-refractivity contribution in [1.29, 1.82) is 0 Å². The van der Waals surface area contributed by atoms with Crippen LogP contribution in [0, 0.1) is 0 Å². The number of hydrogen-bond donors (Lipinski definition) is 1. The van der Waals surface area contributed by atoms with Crippen molar-refractivity contribution < 1.29 is 9.53 Å². The van der Waals surface area contributed by atoms with Crippen molar-refractivity contribution in [3.05, 3.63) is 77.4 Å². The Balaban J connectivity index is 1.74. The Kier molecular flexibility index (Phi) is 5.50. The monoisotopic (exact) mass is 374 g/mol. The van der Waals surface area contributed by atoms with Gasteiger partial charge in [-0.3, -0.25) is 4.79 Å². The summed E-state index contributed by atoms with van der Waals surface area (Å²) < 4.78 is 5.26. The fourth-order valence-electron chi connectivity index (χ4n) is 2.96. The molecule has 0 unspecified atom stereocenters. The molecule has 3 aromatic rings. The molecular formula is C24H26N2O2. The lowest BCUT2D eigenvalue weighted by Gasteiger charge is -2.18. The fraction of sp³-hybridized carbons (Fsp3) is 0.250. The maximum absolute atomic E-state index is 12.4. The van der Waals surface area contributed by atoms with Crippen LogP contribution in [-0.2, 0) is 5.41 Å². The summed E-state index contributed by atoms with van der Waals surface area (Å²) in [4.78, 5) is 12.4. The number of ether oxygens (including phenoxy) is 1. The molecule has 144 valence electrons. The van der Waals surface area contributed by atoms with E-state index in [1.807, 2.05) is 61.5 Å². The van der Waals surface area contributed by atoms with Crippen LogP contribution in [0.4, 0.5) is 0 Å². The van der Waals surface area contributed by atoms with Crippen LogP contribution >= 0.6 is 0 Å². The van der Waals surface area contributed by atoms with Crippen LogP contribution in [0.1, 0.15) is 49.2 Å². The highest BCUT2D eigenvalue weighted by atomic mass is 16.5. The minimum absolute atomic E-state index is 0.0594. The van der Waals surface area contributed by atoms with Crippen LogP contribution in [-0.4, -0.2) is 18.7 Å². The number of carbonyl (C=O) groups excluding carboxylic acids is 1. The average Bonchev–Trinajstić information content (AvgIpc) is 2.70. The lowest BCUT2D eigenvalue weighted by atomic mass is 9.87. The smallest absolute Gasteiger partial charge is 0.271 e. The zero-order chi connectivity index (χ0) is 20.3. The second-order valence-corrected chi connectivity index (χ2v) is 7.89. The molecule has 3 rings (SSSR count). The molecule has 0 aliphatic heterocycles. The van der Waals surface area contributed by atoms with Gasteiger partial charge in [0.25, 0.3) is 5.91 Å². The number of rotatable bonds is 4. The summed E-state index contributed by atoms with van der Waals surface area (Å²) in [5.41, 5.74) is 6.20. The van der Waals surface area contributed by atoms with Gasteiger partial charge in [-0.1, -0.05) is 51.1 Å². The van der Waals surface area contributed by atoms with Crippen LogP contribution in [0.3, 0.4) is 0 Å². The molecule has 0 aliphatic carbocycles. The maximum atomic E-state index is 12.4. The number of hydrogen-bond acceptors (Lipinski definition) is 3. The van der Waals surface area contributed by atoms with E-state index in [2.05, 4.69) is 37.4 Å². The predicted octanol–water partition coefficient (Wildman–Crippen LogP) is 5.30. The van der Waals surface area contributed by atoms with E-state index in [-0.39, 0.29) is 11.3 Å². The summed E-state index contributed by atoms with van der Waals surface area (Å²) in [7, 11) is 1.66. The summed E-state index contributed by atoms with van der Waals surface area (Å²) in [5.74, 6) is 0.612. The zero-order valence-corrected chi connectivity index (χ0v) is 17.0. The van der Waals surface area contributed by atoms with Crippen LogP contribution < -0.4 is 10.2 Å². The Morgan fingerprint density at radius 3 is 2.14 bits per heavy atom. The molecule has 0 aromatic heterocycles. The van der Waals surface area contributed by atoms with E-state index in [1.54, 1.807) is 7.11 Å². The first-order chi connectivity index (χ1) is 13.3. The van der Waals surface area contributed by atoms with Crippen LogP contribution in [0.25, 0.3) is 10.8 Å². The van der Waals surface area contributed by atoms with Crippen LogP contribution in [0.2, 0.25) is 0 Å². The number of nitrogens with one attached hydrogen (secondary N) is 1. The van der Waals surface area contributed by atoms with Gasteiger partial charge in [-0.05, 0) is 64.6 Å². The summed E-state index contributed by atoms with van der Waals surface area (Å²) >= 11 is 0. The summed E-state index contributed by atoms with van der Waals surface area (Å²) in [6.45, 7) is 8.33. The first-order valence-corrected chi connectivity index (χ1v) is 9.31. The summed E-state index contributed by atoms with van der Waals surface area (Å²) in [6.07, 6.45) is 0. The van der Waals surface area contributed by atoms with Gasteiger partial charge in [-0.15, -0.1) is 0 Å². The zero-order valence-electron chi connectivity index (χ0n) is 17.0. The van der Waals surface area contributed by atoms with Gasteiger partial charge in [0.15, 0.2) is 0 Å². The molecule has 3 aromatic carbocycles. The van der Waals surface area contributed by atoms with Crippen molar-refractivity contribution in [2.75, 3.05) is 7.11 Å². The number of carbonyl (C=O) groups is 1. The highest BCUT2D eigenvalue weighted by Crippen LogP contribution is 2.23. The van der Waals surface area contributed by atoms with E-state index in [9.17, 15) is 4.79 Å². The van der Waals surface area contributed by atoms with Crippen LogP contribution in [0.5, 0.6) is 5.75 Å². The minimum atomic E-state index is -0.217. The highest BCUT2D eigenvalue weighted by molar-refractivity contribution is 6.03. The first-order valence-electron chi connectivity index (χ1n) is 9.31. The predicted molar refractivity (Wildman–Crippen MR) is 115 cm³/mol. The van der Waals surface area contributed by atoms with Crippen molar-refractivity contribution in [3.63, 3.8) is 0 Å². The molecule has 0 radical (unpaired) electrons. The van der Waals surface area contributed by atoms with Gasteiger partial charge >= 0.3 is 0 Å². The molecule has 0 saturated heterocycles. The van der Waals surface area contributed by atoms with E-state index in [1.165, 1.54) is 5.56 Å². The molecule has 0 bridgehead atoms. The Morgan fingerprint density at radius 2 is 1.50 bits per heavy atom. The fourth-order valence-corrected chi connectivity index (χ4v) is 2.96. The van der Waals surface area contributed by atoms with E-state index >= 15 is 0 Å². The SMILES string of the molecule is COc1ccc2cc(C(C)=NNC(=O)c3ccc(C(C)(C)C)cc3)ccc2c1. The quantitative estimate of drug-likeness (QED) is 0.498. The molecule has 4 heteroatoms. The largest absolute Gasteiger partial charge is 0.497 e. The van der Waals surface area contributed by atoms with Gasteiger partial charge < -0.3 is 4.74 Å². The summed E-state index contributed by atoms with van der Waals surface area (Å²) in [5, 5.41) is 6.47. The van der Waals surface area contributed by atoms with E-state index < -0.39 is 0 Å². The highest BCUT2D eigenvalue weighted by Gasteiger charge is 2.14. The molecule has 1 N–H and O–H groups in total. The molecule has 0 atom stereocenters. The van der Waals surface area contributed by atoms with Crippen molar-refractivity contribution in [3.8, 4) is 5.75 Å². The van der Waals surface area contributed by atoms with Crippen LogP contribution in [0.15, 0.2) is 65.8 Å².